The minimum Gasteiger partial charge on any atom is -0.201 e. The first kappa shape index (κ1) is 29.3. The third kappa shape index (κ3) is 348. The molecule has 17 heavy (non-hydrogen) atoms. The van der Waals surface area contributed by atoms with Gasteiger partial charge in [0.05, 0.1) is 0 Å². The van der Waals surface area contributed by atoms with Gasteiger partial charge < -0.3 is 0 Å². The summed E-state index contributed by atoms with van der Waals surface area (Å²) in [5.74, 6) is 0. The molecule has 0 bridgehead atoms. The van der Waals surface area contributed by atoms with Gasteiger partial charge in [-0.25, -0.2) is 41.7 Å². The molecule has 8 N–H and O–H groups in total. The fourth-order valence-electron chi connectivity index (χ4n) is 0. The van der Waals surface area contributed by atoms with Crippen molar-refractivity contribution in [3.05, 3.63) is 19.6 Å². The van der Waals surface area contributed by atoms with E-state index in [0.29, 0.717) is 0 Å². The molecule has 0 aliphatic rings. The van der Waals surface area contributed by atoms with Crippen LogP contribution in [-0.2, 0) is 26.2 Å². The van der Waals surface area contributed by atoms with Crippen LogP contribution >= 0.6 is 0 Å². The molecular formula is H8N4O12Zr+4. The van der Waals surface area contributed by atoms with Crippen molar-refractivity contribution in [2.75, 3.05) is 0 Å². The van der Waals surface area contributed by atoms with Crippen LogP contribution < -0.4 is 0 Å². The molecule has 100 valence electrons. The van der Waals surface area contributed by atoms with Crippen molar-refractivity contribution < 1.29 is 88.2 Å². The number of nitrogens with zero attached hydrogens (tertiary/aromatic N) is 4. The molecule has 0 amide bonds. The minimum atomic E-state index is -1.25. The normalized spacial score (nSPS) is 5.65. The van der Waals surface area contributed by atoms with Gasteiger partial charge in [0.15, 0.2) is 0 Å². The summed E-state index contributed by atoms with van der Waals surface area (Å²) in [6.45, 7) is 0. The summed E-state index contributed by atoms with van der Waals surface area (Å²) in [4.78, 5) is 33.9. The van der Waals surface area contributed by atoms with E-state index in [2.05, 4.69) is 0 Å². The average Bonchev–Trinajstić information content (AvgIpc) is 1.76. The third-order valence-corrected chi connectivity index (χ3v) is 0. The Morgan fingerprint density at radius 1 is 0.412 bits per heavy atom. The third-order valence-electron chi connectivity index (χ3n) is 0. The van der Waals surface area contributed by atoms with Crippen LogP contribution in [0.4, 0.5) is 0 Å². The van der Waals surface area contributed by atoms with Crippen molar-refractivity contribution in [1.29, 1.82) is 0 Å². The molecule has 16 nitrogen and oxygen atoms in total. The summed E-state index contributed by atoms with van der Waals surface area (Å²) in [7, 11) is 0. The zero-order valence-corrected chi connectivity index (χ0v) is 9.96. The van der Waals surface area contributed by atoms with Gasteiger partial charge in [0.25, 0.3) is 0 Å². The molecule has 0 spiro atoms. The average molecular weight is 347 g/mol. The Labute approximate surface area is 108 Å². The number of hydrogen-bond acceptors (Lipinski definition) is 4. The molecule has 0 rings (SSSR count). The van der Waals surface area contributed by atoms with Gasteiger partial charge in [-0.15, -0.1) is 0 Å². The monoisotopic (exact) mass is 346 g/mol. The topological polar surface area (TPSA) is 242 Å². The van der Waals surface area contributed by atoms with Crippen molar-refractivity contribution in [1.82, 2.24) is 0 Å². The second kappa shape index (κ2) is 23.5. The molecule has 0 aromatic rings. The van der Waals surface area contributed by atoms with Gasteiger partial charge in [-0.1, -0.05) is 0 Å². The van der Waals surface area contributed by atoms with E-state index >= 15 is 0 Å². The molecule has 0 aromatic carbocycles. The summed E-state index contributed by atoms with van der Waals surface area (Å²) in [6, 6.07) is 0. The van der Waals surface area contributed by atoms with E-state index in [1.807, 2.05) is 0 Å². The first-order chi connectivity index (χ1) is 6.93. The number of rotatable bonds is 0. The van der Waals surface area contributed by atoms with Crippen LogP contribution in [0.3, 0.4) is 0 Å². The predicted octanol–water partition coefficient (Wildman–Crippen LogP) is -1.83. The van der Waals surface area contributed by atoms with Crippen LogP contribution in [0, 0.1) is 19.6 Å². The molecule has 0 saturated carbocycles. The molecule has 17 heteroatoms. The molecule has 0 saturated heterocycles. The Morgan fingerprint density at radius 2 is 0.412 bits per heavy atom. The fourth-order valence-corrected chi connectivity index (χ4v) is 0. The Morgan fingerprint density at radius 3 is 0.412 bits per heavy atom. The van der Waals surface area contributed by atoms with Crippen LogP contribution in [0.1, 0.15) is 0 Å². The molecule has 0 heterocycles. The summed E-state index contributed by atoms with van der Waals surface area (Å²) < 4.78 is 0. The Bertz CT molecular complexity index is 159. The fraction of sp³-hybridized carbons (Fsp3) is 0. The van der Waals surface area contributed by atoms with E-state index < -0.39 is 20.3 Å². The van der Waals surface area contributed by atoms with Crippen molar-refractivity contribution in [3.8, 4) is 0 Å². The van der Waals surface area contributed by atoms with E-state index in [-0.39, 0.29) is 26.2 Å². The van der Waals surface area contributed by atoms with E-state index in [1.54, 1.807) is 0 Å². The quantitative estimate of drug-likeness (QED) is 0.225. The molecule has 0 aliphatic carbocycles. The summed E-state index contributed by atoms with van der Waals surface area (Å²) >= 11 is 0. The van der Waals surface area contributed by atoms with Crippen molar-refractivity contribution in [3.63, 3.8) is 0 Å². The first-order valence-electron chi connectivity index (χ1n) is 2.33. The van der Waals surface area contributed by atoms with Crippen molar-refractivity contribution in [2.45, 2.75) is 0 Å². The maximum absolute atomic E-state index is 8.47. The van der Waals surface area contributed by atoms with Crippen molar-refractivity contribution >= 4 is 0 Å². The molecular weight excluding hydrogens is 339 g/mol. The molecule has 0 aromatic heterocycles. The zero-order valence-electron chi connectivity index (χ0n) is 7.50. The summed E-state index contributed by atoms with van der Waals surface area (Å²) in [5, 5.41) is 50.1. The van der Waals surface area contributed by atoms with Gasteiger partial charge in [-0.2, -0.15) is 0 Å². The van der Waals surface area contributed by atoms with Crippen LogP contribution in [0.2, 0.25) is 0 Å². The molecule has 0 aliphatic heterocycles. The minimum absolute atomic E-state index is 0. The van der Waals surface area contributed by atoms with Gasteiger partial charge in [0.2, 0.25) is 0 Å². The molecule has 0 atom stereocenters. The maximum atomic E-state index is 8.47. The standard InChI is InChI=1S/4H2NO3.Zr/c4*2-1(3)4;/h4*(H2,2,3,4);/q4*+1;. The second-order valence-electron chi connectivity index (χ2n) is 1.01. The smallest absolute Gasteiger partial charge is 0.201 e. The van der Waals surface area contributed by atoms with E-state index in [1.165, 1.54) is 0 Å². The van der Waals surface area contributed by atoms with Crippen LogP contribution in [0.25, 0.3) is 0 Å². The molecule has 0 radical (unpaired) electrons. The Hall–Kier alpha value is -2.32. The first-order valence-corrected chi connectivity index (χ1v) is 2.33. The predicted molar refractivity (Wildman–Crippen MR) is 28.8 cm³/mol. The summed E-state index contributed by atoms with van der Waals surface area (Å²) in [5.41, 5.74) is 0. The van der Waals surface area contributed by atoms with Crippen LogP contribution in [-0.4, -0.2) is 62.0 Å². The van der Waals surface area contributed by atoms with Crippen LogP contribution in [0.5, 0.6) is 0 Å². The maximum Gasteiger partial charge on any atom is 0.472 e. The molecule has 0 unspecified atom stereocenters. The summed E-state index contributed by atoms with van der Waals surface area (Å²) in [6.07, 6.45) is 0. The van der Waals surface area contributed by atoms with Gasteiger partial charge in [0.1, 0.15) is 19.6 Å². The SMILES string of the molecule is O=[N+](O)O.O=[N+](O)O.O=[N+](O)O.O=[N+](O)O.[Zr]. The number of hydrogen-bond donors (Lipinski definition) is 8. The van der Waals surface area contributed by atoms with E-state index in [4.69, 9.17) is 61.3 Å². The van der Waals surface area contributed by atoms with Gasteiger partial charge in [-0.05, 0) is 0 Å². The molecule has 0 fully saturated rings. The largest absolute Gasteiger partial charge is 0.472 e. The van der Waals surface area contributed by atoms with Crippen molar-refractivity contribution in [2.24, 2.45) is 0 Å². The van der Waals surface area contributed by atoms with Gasteiger partial charge in [-0.3, -0.25) is 0 Å². The van der Waals surface area contributed by atoms with E-state index in [9.17, 15) is 0 Å². The second-order valence-corrected chi connectivity index (χ2v) is 1.01. The zero-order chi connectivity index (χ0) is 14.3. The Balaban J connectivity index is -0.0000000369. The van der Waals surface area contributed by atoms with Gasteiger partial charge in [0, 0.05) is 26.2 Å². The van der Waals surface area contributed by atoms with E-state index in [0.717, 1.165) is 0 Å². The Kier molecular flexibility index (Phi) is 40.5. The van der Waals surface area contributed by atoms with Crippen LogP contribution in [0.15, 0.2) is 0 Å². The van der Waals surface area contributed by atoms with Gasteiger partial charge >= 0.3 is 20.3 Å².